The Kier molecular flexibility index (Phi) is 6.09. The van der Waals surface area contributed by atoms with Gasteiger partial charge in [0.05, 0.1) is 17.9 Å². The van der Waals surface area contributed by atoms with Crippen LogP contribution in [0.3, 0.4) is 0 Å². The van der Waals surface area contributed by atoms with Crippen molar-refractivity contribution in [2.45, 2.75) is 11.1 Å². The third kappa shape index (κ3) is 4.85. The summed E-state index contributed by atoms with van der Waals surface area (Å²) in [5.41, 5.74) is -1.54. The Labute approximate surface area is 147 Å². The van der Waals surface area contributed by atoms with E-state index in [1.807, 2.05) is 4.72 Å². The van der Waals surface area contributed by atoms with Crippen LogP contribution in [0, 0.1) is 5.82 Å². The summed E-state index contributed by atoms with van der Waals surface area (Å²) in [6.07, 6.45) is -4.69. The highest BCUT2D eigenvalue weighted by Gasteiger charge is 2.32. The van der Waals surface area contributed by atoms with Crippen molar-refractivity contribution in [1.82, 2.24) is 0 Å². The van der Waals surface area contributed by atoms with Gasteiger partial charge in [0.2, 0.25) is 0 Å². The molecule has 0 aliphatic rings. The number of sulfonamides is 1. The van der Waals surface area contributed by atoms with Gasteiger partial charge in [0.1, 0.15) is 23.1 Å². The van der Waals surface area contributed by atoms with Crippen LogP contribution in [0.15, 0.2) is 47.4 Å². The molecule has 0 spiro atoms. The van der Waals surface area contributed by atoms with Crippen molar-refractivity contribution in [2.75, 3.05) is 25.0 Å². The minimum Gasteiger partial charge on any atom is -0.489 e. The molecule has 26 heavy (non-hydrogen) atoms. The molecular formula is C16H15F4NO4S. The van der Waals surface area contributed by atoms with E-state index in [4.69, 9.17) is 9.47 Å². The zero-order valence-corrected chi connectivity index (χ0v) is 14.3. The number of benzene rings is 2. The Bertz CT molecular complexity index is 869. The molecule has 0 aliphatic carbocycles. The van der Waals surface area contributed by atoms with Gasteiger partial charge in [0.15, 0.2) is 0 Å². The van der Waals surface area contributed by atoms with Gasteiger partial charge in [0, 0.05) is 7.11 Å². The van der Waals surface area contributed by atoms with E-state index in [9.17, 15) is 26.0 Å². The molecule has 1 N–H and O–H groups in total. The Morgan fingerprint density at radius 1 is 1.08 bits per heavy atom. The minimum absolute atomic E-state index is 0.0176. The fourth-order valence-electron chi connectivity index (χ4n) is 2.01. The van der Waals surface area contributed by atoms with Crippen LogP contribution in [0.5, 0.6) is 5.75 Å². The SMILES string of the molecule is COCCOc1ccc(C(F)(F)F)cc1NS(=O)(=O)c1ccccc1F. The lowest BCUT2D eigenvalue weighted by Crippen LogP contribution is -2.17. The molecule has 0 saturated carbocycles. The monoisotopic (exact) mass is 393 g/mol. The number of halogens is 4. The number of ether oxygens (including phenoxy) is 2. The molecule has 5 nitrogen and oxygen atoms in total. The second kappa shape index (κ2) is 7.92. The number of anilines is 1. The summed E-state index contributed by atoms with van der Waals surface area (Å²) < 4.78 is 89.2. The van der Waals surface area contributed by atoms with Crippen LogP contribution in [0.2, 0.25) is 0 Å². The molecular weight excluding hydrogens is 378 g/mol. The lowest BCUT2D eigenvalue weighted by atomic mass is 10.2. The number of rotatable bonds is 7. The van der Waals surface area contributed by atoms with E-state index < -0.39 is 38.2 Å². The molecule has 0 aromatic heterocycles. The molecule has 2 aromatic rings. The summed E-state index contributed by atoms with van der Waals surface area (Å²) in [5.74, 6) is -1.18. The summed E-state index contributed by atoms with van der Waals surface area (Å²) in [6.45, 7) is 0.122. The lowest BCUT2D eigenvalue weighted by molar-refractivity contribution is -0.137. The zero-order valence-electron chi connectivity index (χ0n) is 13.5. The van der Waals surface area contributed by atoms with Crippen LogP contribution in [-0.4, -0.2) is 28.7 Å². The fourth-order valence-corrected chi connectivity index (χ4v) is 3.15. The van der Waals surface area contributed by atoms with Gasteiger partial charge in [-0.25, -0.2) is 12.8 Å². The van der Waals surface area contributed by atoms with Crippen LogP contribution in [0.4, 0.5) is 23.2 Å². The maximum atomic E-state index is 13.8. The van der Waals surface area contributed by atoms with Crippen LogP contribution >= 0.6 is 0 Å². The Hall–Kier alpha value is -2.33. The lowest BCUT2D eigenvalue weighted by Gasteiger charge is -2.16. The highest BCUT2D eigenvalue weighted by atomic mass is 32.2. The Morgan fingerprint density at radius 3 is 2.38 bits per heavy atom. The molecule has 0 radical (unpaired) electrons. The first-order valence-corrected chi connectivity index (χ1v) is 8.74. The van der Waals surface area contributed by atoms with Gasteiger partial charge in [0.25, 0.3) is 10.0 Å². The van der Waals surface area contributed by atoms with Gasteiger partial charge in [-0.2, -0.15) is 13.2 Å². The van der Waals surface area contributed by atoms with Crippen LogP contribution in [0.1, 0.15) is 5.56 Å². The van der Waals surface area contributed by atoms with E-state index in [2.05, 4.69) is 0 Å². The molecule has 2 rings (SSSR count). The standard InChI is InChI=1S/C16H15F4NO4S/c1-24-8-9-25-14-7-6-11(16(18,19)20)10-13(14)21-26(22,23)15-5-3-2-4-12(15)17/h2-7,10,21H,8-9H2,1H3. The van der Waals surface area contributed by atoms with Crippen molar-refractivity contribution in [3.05, 3.63) is 53.8 Å². The molecule has 142 valence electrons. The van der Waals surface area contributed by atoms with E-state index in [-0.39, 0.29) is 19.0 Å². The molecule has 0 bridgehead atoms. The maximum absolute atomic E-state index is 13.8. The molecule has 0 fully saturated rings. The number of hydrogen-bond donors (Lipinski definition) is 1. The summed E-state index contributed by atoms with van der Waals surface area (Å²) in [5, 5.41) is 0. The van der Waals surface area contributed by atoms with Gasteiger partial charge in [-0.15, -0.1) is 0 Å². The maximum Gasteiger partial charge on any atom is 0.416 e. The first-order valence-electron chi connectivity index (χ1n) is 7.25. The Balaban J connectivity index is 2.42. The number of methoxy groups -OCH3 is 1. The van der Waals surface area contributed by atoms with Crippen LogP contribution in [0.25, 0.3) is 0 Å². The predicted octanol–water partition coefficient (Wildman–Crippen LogP) is 3.67. The smallest absolute Gasteiger partial charge is 0.416 e. The highest BCUT2D eigenvalue weighted by Crippen LogP contribution is 2.36. The number of nitrogens with one attached hydrogen (secondary N) is 1. The Morgan fingerprint density at radius 2 is 1.77 bits per heavy atom. The van der Waals surface area contributed by atoms with Crippen molar-refractivity contribution in [3.63, 3.8) is 0 Å². The van der Waals surface area contributed by atoms with Gasteiger partial charge < -0.3 is 9.47 Å². The largest absolute Gasteiger partial charge is 0.489 e. The van der Waals surface area contributed by atoms with Crippen molar-refractivity contribution in [1.29, 1.82) is 0 Å². The third-order valence-corrected chi connectivity index (χ3v) is 4.62. The second-order valence-corrected chi connectivity index (χ2v) is 6.74. The predicted molar refractivity (Wildman–Crippen MR) is 86.0 cm³/mol. The zero-order chi connectivity index (χ0) is 19.4. The number of alkyl halides is 3. The van der Waals surface area contributed by atoms with Crippen molar-refractivity contribution >= 4 is 15.7 Å². The summed E-state index contributed by atoms with van der Waals surface area (Å²) in [7, 11) is -3.06. The normalized spacial score (nSPS) is 12.0. The second-order valence-electron chi connectivity index (χ2n) is 5.09. The number of hydrogen-bond acceptors (Lipinski definition) is 4. The van der Waals surface area contributed by atoms with Crippen LogP contribution < -0.4 is 9.46 Å². The van der Waals surface area contributed by atoms with Crippen molar-refractivity contribution in [3.8, 4) is 5.75 Å². The first-order chi connectivity index (χ1) is 12.1. The van der Waals surface area contributed by atoms with E-state index in [1.165, 1.54) is 19.2 Å². The quantitative estimate of drug-likeness (QED) is 0.576. The van der Waals surface area contributed by atoms with E-state index >= 15 is 0 Å². The highest BCUT2D eigenvalue weighted by molar-refractivity contribution is 7.92. The summed E-state index contributed by atoms with van der Waals surface area (Å²) in [4.78, 5) is -0.694. The summed E-state index contributed by atoms with van der Waals surface area (Å²) >= 11 is 0. The van der Waals surface area contributed by atoms with Gasteiger partial charge in [-0.3, -0.25) is 4.72 Å². The fraction of sp³-hybridized carbons (Fsp3) is 0.250. The van der Waals surface area contributed by atoms with E-state index in [1.54, 1.807) is 0 Å². The third-order valence-electron chi connectivity index (χ3n) is 3.22. The minimum atomic E-state index is -4.69. The molecule has 0 saturated heterocycles. The molecule has 0 aliphatic heterocycles. The molecule has 10 heteroatoms. The molecule has 0 unspecified atom stereocenters. The van der Waals surface area contributed by atoms with Crippen LogP contribution in [-0.2, 0) is 20.9 Å². The van der Waals surface area contributed by atoms with Gasteiger partial charge in [-0.1, -0.05) is 12.1 Å². The molecule has 0 atom stereocenters. The van der Waals surface area contributed by atoms with Gasteiger partial charge in [-0.05, 0) is 30.3 Å². The molecule has 0 heterocycles. The average molecular weight is 393 g/mol. The van der Waals surface area contributed by atoms with Crippen molar-refractivity contribution < 1.29 is 35.5 Å². The first kappa shape index (κ1) is 20.0. The summed E-state index contributed by atoms with van der Waals surface area (Å²) in [6, 6.07) is 6.83. The van der Waals surface area contributed by atoms with Crippen molar-refractivity contribution in [2.24, 2.45) is 0 Å². The topological polar surface area (TPSA) is 64.6 Å². The molecule has 2 aromatic carbocycles. The van der Waals surface area contributed by atoms with E-state index in [0.29, 0.717) is 6.07 Å². The average Bonchev–Trinajstić information content (AvgIpc) is 2.55. The van der Waals surface area contributed by atoms with E-state index in [0.717, 1.165) is 24.3 Å². The molecule has 0 amide bonds. The van der Waals surface area contributed by atoms with Gasteiger partial charge >= 0.3 is 6.18 Å².